The Labute approximate surface area is 237 Å². The summed E-state index contributed by atoms with van der Waals surface area (Å²) < 4.78 is 51.3. The van der Waals surface area contributed by atoms with Gasteiger partial charge in [0.25, 0.3) is 0 Å². The van der Waals surface area contributed by atoms with Crippen molar-refractivity contribution in [2.45, 2.75) is 55.5 Å². The quantitative estimate of drug-likeness (QED) is 0.0511. The van der Waals surface area contributed by atoms with Gasteiger partial charge in [-0.1, -0.05) is 6.42 Å². The van der Waals surface area contributed by atoms with Gasteiger partial charge in [0.1, 0.15) is 6.10 Å². The number of carbonyl (C=O) groups is 2. The highest BCUT2D eigenvalue weighted by molar-refractivity contribution is 8.00. The highest BCUT2D eigenvalue weighted by atomic mass is 32.2. The van der Waals surface area contributed by atoms with Gasteiger partial charge < -0.3 is 40.3 Å². The first-order chi connectivity index (χ1) is 19.0. The number of thioether (sulfide) groups is 1. The zero-order valence-corrected chi connectivity index (χ0v) is 25.0. The minimum Gasteiger partial charge on any atom is -0.388 e. The number of unbranched alkanes of at least 4 members (excludes halogenated alkanes) is 1. The maximum Gasteiger partial charge on any atom is 0.472 e. The minimum absolute atomic E-state index is 0.0410. The standard InChI is InChI=1S/C21H41N3O13P2S/c1-32-38(28,29)35-11-9-33-10-12-36-39(30,31)37-14-16(25)13-34-8-4-7-22-19(26)6-3-2-5-18-20-17(15-40-18)23-21(27)24-20/h16-18,20,25H,2-15H2,1H3,(H,22,26)(H,28,29)(H,30,31)(H2,23,24,27). The summed E-state index contributed by atoms with van der Waals surface area (Å²) in [6.45, 7) is -0.651. The van der Waals surface area contributed by atoms with Crippen LogP contribution in [0.2, 0.25) is 0 Å². The Morgan fingerprint density at radius 2 is 1.73 bits per heavy atom. The van der Waals surface area contributed by atoms with E-state index in [4.69, 9.17) is 23.4 Å². The van der Waals surface area contributed by atoms with Gasteiger partial charge in [-0.25, -0.2) is 13.9 Å². The molecule has 40 heavy (non-hydrogen) atoms. The molecule has 2 rings (SSSR count). The second-order valence-electron chi connectivity index (χ2n) is 8.99. The lowest BCUT2D eigenvalue weighted by Crippen LogP contribution is -2.36. The second kappa shape index (κ2) is 18.7. The van der Waals surface area contributed by atoms with Crippen LogP contribution in [0.4, 0.5) is 4.79 Å². The van der Waals surface area contributed by atoms with Crippen molar-refractivity contribution >= 4 is 39.3 Å². The van der Waals surface area contributed by atoms with Crippen LogP contribution in [0.15, 0.2) is 0 Å². The van der Waals surface area contributed by atoms with E-state index in [1.54, 1.807) is 0 Å². The largest absolute Gasteiger partial charge is 0.472 e. The molecule has 0 saturated carbocycles. The van der Waals surface area contributed by atoms with E-state index >= 15 is 0 Å². The topological polar surface area (TPSA) is 220 Å². The lowest BCUT2D eigenvalue weighted by molar-refractivity contribution is -0.121. The number of urea groups is 1. The van der Waals surface area contributed by atoms with E-state index in [-0.39, 0.29) is 63.7 Å². The van der Waals surface area contributed by atoms with Gasteiger partial charge in [0.2, 0.25) is 5.91 Å². The summed E-state index contributed by atoms with van der Waals surface area (Å²) in [6.07, 6.45) is 2.43. The monoisotopic (exact) mass is 637 g/mol. The number of phosphoric ester groups is 2. The van der Waals surface area contributed by atoms with Crippen molar-refractivity contribution in [1.82, 2.24) is 16.0 Å². The molecule has 0 aromatic heterocycles. The number of hydrogen-bond donors (Lipinski definition) is 6. The Bertz CT molecular complexity index is 874. The fourth-order valence-electron chi connectivity index (χ4n) is 3.83. The number of aliphatic hydroxyl groups excluding tert-OH is 1. The van der Waals surface area contributed by atoms with E-state index in [1.807, 2.05) is 11.8 Å². The molecule has 6 atom stereocenters. The summed E-state index contributed by atoms with van der Waals surface area (Å²) >= 11 is 1.86. The molecule has 2 fully saturated rings. The highest BCUT2D eigenvalue weighted by Crippen LogP contribution is 2.43. The fraction of sp³-hybridized carbons (Fsp3) is 0.905. The summed E-state index contributed by atoms with van der Waals surface area (Å²) in [4.78, 5) is 42.0. The van der Waals surface area contributed by atoms with Crippen molar-refractivity contribution in [3.63, 3.8) is 0 Å². The van der Waals surface area contributed by atoms with Crippen molar-refractivity contribution in [2.75, 3.05) is 65.7 Å². The number of ether oxygens (including phenoxy) is 2. The summed E-state index contributed by atoms with van der Waals surface area (Å²) in [5, 5.41) is 18.9. The average molecular weight is 638 g/mol. The molecular formula is C21H41N3O13P2S. The van der Waals surface area contributed by atoms with E-state index in [1.165, 1.54) is 0 Å². The molecule has 6 N–H and O–H groups in total. The predicted octanol–water partition coefficient (Wildman–Crippen LogP) is 0.510. The van der Waals surface area contributed by atoms with Crippen LogP contribution in [0.5, 0.6) is 0 Å². The molecule has 0 aliphatic carbocycles. The zero-order valence-electron chi connectivity index (χ0n) is 22.4. The molecule has 3 amide bonds. The number of aliphatic hydroxyl groups is 1. The number of nitrogens with one attached hydrogen (secondary N) is 3. The van der Waals surface area contributed by atoms with Crippen LogP contribution in [0.3, 0.4) is 0 Å². The molecule has 19 heteroatoms. The molecule has 0 bridgehead atoms. The Balaban J connectivity index is 1.38. The van der Waals surface area contributed by atoms with Crippen LogP contribution in [-0.4, -0.2) is 116 Å². The molecule has 0 aromatic carbocycles. The molecule has 0 radical (unpaired) electrons. The van der Waals surface area contributed by atoms with Crippen LogP contribution in [0, 0.1) is 0 Å². The van der Waals surface area contributed by atoms with Crippen LogP contribution in [-0.2, 0) is 41.5 Å². The Kier molecular flexibility index (Phi) is 16.5. The van der Waals surface area contributed by atoms with Gasteiger partial charge in [-0.3, -0.25) is 22.9 Å². The number of amides is 3. The van der Waals surface area contributed by atoms with Crippen LogP contribution in [0.1, 0.15) is 32.1 Å². The SMILES string of the molecule is COP(=O)(O)OCCOCCOP(=O)(O)OCC(O)COCCCNC(=O)CCCCC1SCC2NC(=O)NC21. The normalized spacial score (nSPS) is 24.0. The second-order valence-corrected chi connectivity index (χ2v) is 13.3. The van der Waals surface area contributed by atoms with Crippen LogP contribution in [0.25, 0.3) is 0 Å². The lowest BCUT2D eigenvalue weighted by atomic mass is 10.0. The van der Waals surface area contributed by atoms with Crippen molar-refractivity contribution < 1.29 is 61.2 Å². The maximum absolute atomic E-state index is 12.0. The molecule has 2 heterocycles. The van der Waals surface area contributed by atoms with E-state index in [0.29, 0.717) is 24.6 Å². The van der Waals surface area contributed by atoms with E-state index in [2.05, 4.69) is 25.0 Å². The molecule has 0 spiro atoms. The van der Waals surface area contributed by atoms with Gasteiger partial charge in [0, 0.05) is 37.7 Å². The third kappa shape index (κ3) is 14.9. The van der Waals surface area contributed by atoms with Gasteiger partial charge in [0.15, 0.2) is 0 Å². The number of rotatable bonds is 23. The van der Waals surface area contributed by atoms with E-state index in [0.717, 1.165) is 32.1 Å². The van der Waals surface area contributed by atoms with Gasteiger partial charge in [-0.05, 0) is 19.3 Å². The third-order valence-corrected chi connectivity index (χ3v) is 9.27. The fourth-order valence-corrected chi connectivity index (χ4v) is 6.52. The number of phosphoric acid groups is 2. The van der Waals surface area contributed by atoms with Gasteiger partial charge in [0.05, 0.1) is 51.7 Å². The minimum atomic E-state index is -4.42. The molecule has 16 nitrogen and oxygen atoms in total. The number of fused-ring (bicyclic) bond motifs is 1. The molecule has 2 saturated heterocycles. The van der Waals surface area contributed by atoms with Crippen molar-refractivity contribution in [3.8, 4) is 0 Å². The molecule has 0 aromatic rings. The molecule has 2 aliphatic heterocycles. The Hall–Kier alpha value is -0.810. The molecule has 2 aliphatic rings. The number of hydrogen-bond acceptors (Lipinski definition) is 12. The maximum atomic E-state index is 12.0. The van der Waals surface area contributed by atoms with E-state index in [9.17, 15) is 28.7 Å². The average Bonchev–Trinajstić information content (AvgIpc) is 3.46. The summed E-state index contributed by atoms with van der Waals surface area (Å²) in [5.41, 5.74) is 0. The van der Waals surface area contributed by atoms with Crippen LogP contribution >= 0.6 is 27.4 Å². The smallest absolute Gasteiger partial charge is 0.388 e. The lowest BCUT2D eigenvalue weighted by Gasteiger charge is -2.16. The Morgan fingerprint density at radius 1 is 1.00 bits per heavy atom. The zero-order chi connectivity index (χ0) is 29.4. The number of carbonyl (C=O) groups excluding carboxylic acids is 2. The summed E-state index contributed by atoms with van der Waals surface area (Å²) in [6, 6.07) is 0.283. The molecular weight excluding hydrogens is 596 g/mol. The van der Waals surface area contributed by atoms with E-state index < -0.39 is 28.4 Å². The first-order valence-electron chi connectivity index (χ1n) is 12.9. The highest BCUT2D eigenvalue weighted by Gasteiger charge is 2.42. The van der Waals surface area contributed by atoms with Crippen molar-refractivity contribution in [3.05, 3.63) is 0 Å². The van der Waals surface area contributed by atoms with Gasteiger partial charge in [-0.15, -0.1) is 0 Å². The predicted molar refractivity (Wildman–Crippen MR) is 144 cm³/mol. The van der Waals surface area contributed by atoms with Gasteiger partial charge >= 0.3 is 21.7 Å². The Morgan fingerprint density at radius 3 is 2.45 bits per heavy atom. The van der Waals surface area contributed by atoms with Crippen molar-refractivity contribution in [2.24, 2.45) is 0 Å². The third-order valence-electron chi connectivity index (χ3n) is 5.80. The van der Waals surface area contributed by atoms with Gasteiger partial charge in [-0.2, -0.15) is 11.8 Å². The summed E-state index contributed by atoms with van der Waals surface area (Å²) in [5.74, 6) is 0.877. The van der Waals surface area contributed by atoms with Crippen molar-refractivity contribution in [1.29, 1.82) is 0 Å². The first-order valence-corrected chi connectivity index (χ1v) is 17.0. The van der Waals surface area contributed by atoms with Crippen LogP contribution < -0.4 is 16.0 Å². The molecule has 6 unspecified atom stereocenters. The first kappa shape index (κ1) is 35.4. The summed E-state index contributed by atoms with van der Waals surface area (Å²) in [7, 11) is -7.48. The molecule has 234 valence electrons.